The maximum Gasteiger partial charge on any atom is 0.234 e. The highest BCUT2D eigenvalue weighted by molar-refractivity contribution is 6.31. The van der Waals surface area contributed by atoms with Crippen molar-refractivity contribution in [3.8, 4) is 0 Å². The van der Waals surface area contributed by atoms with Crippen molar-refractivity contribution in [1.29, 1.82) is 0 Å². The number of amides is 1. The van der Waals surface area contributed by atoms with Gasteiger partial charge in [0.05, 0.1) is 23.8 Å². The fourth-order valence-electron chi connectivity index (χ4n) is 3.39. The SMILES string of the molecule is CC(C)CCNc1cc(Cl)cc2cc(C(Cc3ccccc3)NC(=O)CN)[nH]c12. The van der Waals surface area contributed by atoms with Gasteiger partial charge in [0.25, 0.3) is 0 Å². The summed E-state index contributed by atoms with van der Waals surface area (Å²) in [6.45, 7) is 5.24. The van der Waals surface area contributed by atoms with E-state index < -0.39 is 0 Å². The lowest BCUT2D eigenvalue weighted by atomic mass is 10.0. The lowest BCUT2D eigenvalue weighted by molar-refractivity contribution is -0.120. The minimum atomic E-state index is -0.205. The van der Waals surface area contributed by atoms with Crippen molar-refractivity contribution in [2.45, 2.75) is 32.7 Å². The molecule has 0 saturated carbocycles. The number of aromatic nitrogens is 1. The van der Waals surface area contributed by atoms with Crippen LogP contribution in [0.15, 0.2) is 48.5 Å². The molecule has 0 aliphatic heterocycles. The first-order chi connectivity index (χ1) is 14.0. The first-order valence-corrected chi connectivity index (χ1v) is 10.4. The summed E-state index contributed by atoms with van der Waals surface area (Å²) < 4.78 is 0. The van der Waals surface area contributed by atoms with E-state index in [4.69, 9.17) is 17.3 Å². The molecule has 0 bridgehead atoms. The Morgan fingerprint density at radius 2 is 1.93 bits per heavy atom. The summed E-state index contributed by atoms with van der Waals surface area (Å²) in [5.74, 6) is 0.441. The molecule has 29 heavy (non-hydrogen) atoms. The molecule has 3 aromatic rings. The summed E-state index contributed by atoms with van der Waals surface area (Å²) in [6.07, 6.45) is 1.74. The van der Waals surface area contributed by atoms with Crippen molar-refractivity contribution >= 4 is 34.1 Å². The molecule has 3 rings (SSSR count). The second-order valence-electron chi connectivity index (χ2n) is 7.77. The number of nitrogens with two attached hydrogens (primary N) is 1. The lowest BCUT2D eigenvalue weighted by Crippen LogP contribution is -2.34. The monoisotopic (exact) mass is 412 g/mol. The van der Waals surface area contributed by atoms with Gasteiger partial charge in [-0.1, -0.05) is 55.8 Å². The minimum absolute atomic E-state index is 0.0423. The summed E-state index contributed by atoms with van der Waals surface area (Å²) in [5, 5.41) is 8.22. The second-order valence-corrected chi connectivity index (χ2v) is 8.20. The standard InChI is InChI=1S/C23H29ClN4O/c1-15(2)8-9-26-21-13-18(24)11-17-12-20(28-23(17)21)19(27-22(29)14-25)10-16-6-4-3-5-7-16/h3-7,11-13,15,19,26,28H,8-10,14,25H2,1-2H3,(H,27,29). The fraction of sp³-hybridized carbons (Fsp3) is 0.348. The molecule has 1 amide bonds. The summed E-state index contributed by atoms with van der Waals surface area (Å²) in [5.41, 5.74) is 9.58. The van der Waals surface area contributed by atoms with Crippen molar-refractivity contribution in [2.75, 3.05) is 18.4 Å². The van der Waals surface area contributed by atoms with Crippen LogP contribution in [0.3, 0.4) is 0 Å². The molecule has 2 aromatic carbocycles. The molecular weight excluding hydrogens is 384 g/mol. The van der Waals surface area contributed by atoms with Crippen LogP contribution in [0, 0.1) is 5.92 Å². The lowest BCUT2D eigenvalue weighted by Gasteiger charge is -2.17. The van der Waals surface area contributed by atoms with Crippen molar-refractivity contribution in [2.24, 2.45) is 11.7 Å². The Morgan fingerprint density at radius 1 is 1.17 bits per heavy atom. The number of carbonyl (C=O) groups excluding carboxylic acids is 1. The fourth-order valence-corrected chi connectivity index (χ4v) is 3.62. The number of rotatable bonds is 9. The molecule has 1 heterocycles. The molecule has 1 atom stereocenters. The van der Waals surface area contributed by atoms with E-state index in [1.807, 2.05) is 30.3 Å². The van der Waals surface area contributed by atoms with Gasteiger partial charge >= 0.3 is 0 Å². The van der Waals surface area contributed by atoms with E-state index >= 15 is 0 Å². The van der Waals surface area contributed by atoms with E-state index in [1.54, 1.807) is 0 Å². The second kappa shape index (κ2) is 9.81. The zero-order valence-corrected chi connectivity index (χ0v) is 17.7. The highest BCUT2D eigenvalue weighted by atomic mass is 35.5. The normalized spacial score (nSPS) is 12.3. The number of hydrogen-bond acceptors (Lipinski definition) is 3. The Hall–Kier alpha value is -2.50. The molecule has 0 radical (unpaired) electrons. The van der Waals surface area contributed by atoms with Crippen LogP contribution in [0.5, 0.6) is 0 Å². The van der Waals surface area contributed by atoms with E-state index in [0.717, 1.165) is 40.8 Å². The molecule has 1 aromatic heterocycles. The average molecular weight is 413 g/mol. The molecule has 0 fully saturated rings. The quantitative estimate of drug-likeness (QED) is 0.413. The number of H-pyrrole nitrogens is 1. The maximum atomic E-state index is 12.0. The van der Waals surface area contributed by atoms with E-state index in [-0.39, 0.29) is 18.5 Å². The summed E-state index contributed by atoms with van der Waals surface area (Å²) in [4.78, 5) is 15.5. The maximum absolute atomic E-state index is 12.0. The summed E-state index contributed by atoms with van der Waals surface area (Å²) in [7, 11) is 0. The van der Waals surface area contributed by atoms with E-state index in [0.29, 0.717) is 17.4 Å². The smallest absolute Gasteiger partial charge is 0.234 e. The molecule has 0 saturated heterocycles. The van der Waals surface area contributed by atoms with E-state index in [1.165, 1.54) is 0 Å². The number of aromatic amines is 1. The van der Waals surface area contributed by atoms with Crippen LogP contribution in [0.1, 0.15) is 37.6 Å². The zero-order chi connectivity index (χ0) is 20.8. The first-order valence-electron chi connectivity index (χ1n) is 10.1. The first kappa shape index (κ1) is 21.2. The van der Waals surface area contributed by atoms with Crippen LogP contribution < -0.4 is 16.4 Å². The average Bonchev–Trinajstić information content (AvgIpc) is 3.12. The molecule has 6 heteroatoms. The number of anilines is 1. The van der Waals surface area contributed by atoms with Crippen LogP contribution in [0.2, 0.25) is 5.02 Å². The number of halogens is 1. The molecule has 0 aliphatic carbocycles. The van der Waals surface area contributed by atoms with Gasteiger partial charge in [0, 0.05) is 22.6 Å². The predicted octanol–water partition coefficient (Wildman–Crippen LogP) is 4.64. The van der Waals surface area contributed by atoms with Crippen molar-refractivity contribution in [3.63, 3.8) is 0 Å². The molecule has 154 valence electrons. The van der Waals surface area contributed by atoms with E-state index in [9.17, 15) is 4.79 Å². The van der Waals surface area contributed by atoms with Gasteiger partial charge in [-0.05, 0) is 42.5 Å². The number of benzene rings is 2. The minimum Gasteiger partial charge on any atom is -0.383 e. The highest BCUT2D eigenvalue weighted by Crippen LogP contribution is 2.31. The molecule has 0 aliphatic rings. The molecule has 0 spiro atoms. The summed E-state index contributed by atoms with van der Waals surface area (Å²) in [6, 6.07) is 15.8. The van der Waals surface area contributed by atoms with Gasteiger partial charge < -0.3 is 21.4 Å². The zero-order valence-electron chi connectivity index (χ0n) is 17.0. The van der Waals surface area contributed by atoms with Gasteiger partial charge in [-0.3, -0.25) is 4.79 Å². The molecule has 1 unspecified atom stereocenters. The van der Waals surface area contributed by atoms with Gasteiger partial charge in [0.1, 0.15) is 0 Å². The highest BCUT2D eigenvalue weighted by Gasteiger charge is 2.18. The Balaban J connectivity index is 1.92. The summed E-state index contributed by atoms with van der Waals surface area (Å²) >= 11 is 6.35. The van der Waals surface area contributed by atoms with Crippen LogP contribution in [-0.2, 0) is 11.2 Å². The Morgan fingerprint density at radius 3 is 2.62 bits per heavy atom. The van der Waals surface area contributed by atoms with Crippen molar-refractivity contribution in [3.05, 3.63) is 64.8 Å². The van der Waals surface area contributed by atoms with Gasteiger partial charge in [-0.25, -0.2) is 0 Å². The van der Waals surface area contributed by atoms with Gasteiger partial charge in [-0.2, -0.15) is 0 Å². The van der Waals surface area contributed by atoms with Gasteiger partial charge in [0.2, 0.25) is 5.91 Å². The Kier molecular flexibility index (Phi) is 7.18. The Bertz CT molecular complexity index is 952. The predicted molar refractivity (Wildman–Crippen MR) is 121 cm³/mol. The van der Waals surface area contributed by atoms with Crippen LogP contribution in [0.25, 0.3) is 10.9 Å². The van der Waals surface area contributed by atoms with Crippen LogP contribution in [-0.4, -0.2) is 24.0 Å². The van der Waals surface area contributed by atoms with E-state index in [2.05, 4.69) is 47.7 Å². The van der Waals surface area contributed by atoms with Gasteiger partial charge in [0.15, 0.2) is 0 Å². The van der Waals surface area contributed by atoms with Crippen molar-refractivity contribution < 1.29 is 4.79 Å². The Labute approximate surface area is 177 Å². The third kappa shape index (κ3) is 5.75. The third-order valence-electron chi connectivity index (χ3n) is 4.93. The van der Waals surface area contributed by atoms with Crippen LogP contribution in [0.4, 0.5) is 5.69 Å². The van der Waals surface area contributed by atoms with Gasteiger partial charge in [-0.15, -0.1) is 0 Å². The number of hydrogen-bond donors (Lipinski definition) is 4. The number of fused-ring (bicyclic) bond motifs is 1. The van der Waals surface area contributed by atoms with Crippen molar-refractivity contribution in [1.82, 2.24) is 10.3 Å². The third-order valence-corrected chi connectivity index (χ3v) is 5.15. The molecular formula is C23H29ClN4O. The molecule has 5 nitrogen and oxygen atoms in total. The number of nitrogens with one attached hydrogen (secondary N) is 3. The number of carbonyl (C=O) groups is 1. The topological polar surface area (TPSA) is 82.9 Å². The largest absolute Gasteiger partial charge is 0.383 e. The van der Waals surface area contributed by atoms with Crippen LogP contribution >= 0.6 is 11.6 Å². The molecule has 5 N–H and O–H groups in total.